The van der Waals surface area contributed by atoms with Gasteiger partial charge in [-0.15, -0.1) is 0 Å². The molecule has 1 fully saturated rings. The average molecular weight is 231 g/mol. The quantitative estimate of drug-likeness (QED) is 0.377. The van der Waals surface area contributed by atoms with Crippen LogP contribution in [0.15, 0.2) is 24.0 Å². The maximum atomic E-state index is 11.5. The molecule has 6 nitrogen and oxygen atoms in total. The molecule has 4 N–H and O–H groups in total. The van der Waals surface area contributed by atoms with Crippen molar-refractivity contribution in [3.05, 3.63) is 29.6 Å². The molecule has 6 heteroatoms. The van der Waals surface area contributed by atoms with Crippen LogP contribution in [0.25, 0.3) is 6.08 Å². The zero-order chi connectivity index (χ0) is 12.6. The van der Waals surface area contributed by atoms with Gasteiger partial charge in [-0.25, -0.2) is 4.68 Å². The van der Waals surface area contributed by atoms with Crippen molar-refractivity contribution < 1.29 is 4.79 Å². The van der Waals surface area contributed by atoms with E-state index in [-0.39, 0.29) is 11.7 Å². The van der Waals surface area contributed by atoms with Crippen molar-refractivity contribution in [3.63, 3.8) is 0 Å². The molecular weight excluding hydrogens is 218 g/mol. The maximum absolute atomic E-state index is 11.5. The van der Waals surface area contributed by atoms with Crippen molar-refractivity contribution in [2.75, 3.05) is 5.73 Å². The van der Waals surface area contributed by atoms with E-state index in [1.165, 1.54) is 10.9 Å². The molecule has 1 amide bonds. The number of nitrogens with one attached hydrogen (secondary N) is 2. The normalized spacial score (nSPS) is 17.6. The second kappa shape index (κ2) is 3.89. The highest BCUT2D eigenvalue weighted by atomic mass is 16.2. The van der Waals surface area contributed by atoms with E-state index in [9.17, 15) is 4.79 Å². The van der Waals surface area contributed by atoms with E-state index in [4.69, 9.17) is 11.1 Å². The topological polar surface area (TPSA) is 96.8 Å². The molecule has 1 aliphatic heterocycles. The van der Waals surface area contributed by atoms with Gasteiger partial charge in [0.2, 0.25) is 0 Å². The third-order valence-electron chi connectivity index (χ3n) is 2.47. The third kappa shape index (κ3) is 1.96. The molecule has 0 spiro atoms. The Bertz CT molecular complexity index is 552. The van der Waals surface area contributed by atoms with Crippen LogP contribution < -0.4 is 11.1 Å². The molecule has 0 aliphatic carbocycles. The minimum atomic E-state index is -0.159. The number of aromatic nitrogens is 2. The van der Waals surface area contributed by atoms with Gasteiger partial charge in [0.1, 0.15) is 11.7 Å². The predicted molar refractivity (Wildman–Crippen MR) is 65.3 cm³/mol. The second-order valence-corrected chi connectivity index (χ2v) is 3.89. The molecule has 1 aromatic heterocycles. The molecule has 0 unspecified atom stereocenters. The molecule has 17 heavy (non-hydrogen) atoms. The highest BCUT2D eigenvalue weighted by molar-refractivity contribution is 6.02. The summed E-state index contributed by atoms with van der Waals surface area (Å²) in [6, 6.07) is 0. The molecule has 0 atom stereocenters. The first-order valence-electron chi connectivity index (χ1n) is 5.07. The number of hydrogen-bond donors (Lipinski definition) is 3. The lowest BCUT2D eigenvalue weighted by atomic mass is 10.1. The van der Waals surface area contributed by atoms with Crippen LogP contribution in [0.3, 0.4) is 0 Å². The van der Waals surface area contributed by atoms with E-state index in [2.05, 4.69) is 17.0 Å². The van der Waals surface area contributed by atoms with Gasteiger partial charge in [-0.1, -0.05) is 6.58 Å². The van der Waals surface area contributed by atoms with Crippen LogP contribution in [0.4, 0.5) is 5.82 Å². The maximum Gasteiger partial charge on any atom is 0.251 e. The van der Waals surface area contributed by atoms with Crippen LogP contribution in [0, 0.1) is 5.41 Å². The number of allylic oxidation sites excluding steroid dienone is 1. The largest absolute Gasteiger partial charge is 0.383 e. The van der Waals surface area contributed by atoms with Crippen molar-refractivity contribution in [2.45, 2.75) is 13.3 Å². The van der Waals surface area contributed by atoms with E-state index in [0.717, 1.165) is 0 Å². The summed E-state index contributed by atoms with van der Waals surface area (Å²) >= 11 is 0. The van der Waals surface area contributed by atoms with Crippen molar-refractivity contribution in [3.8, 4) is 0 Å². The number of carbonyl (C=O) groups is 1. The Balaban J connectivity index is 2.37. The zero-order valence-corrected chi connectivity index (χ0v) is 9.45. The molecule has 1 saturated heterocycles. The smallest absolute Gasteiger partial charge is 0.251 e. The van der Waals surface area contributed by atoms with Gasteiger partial charge in [-0.3, -0.25) is 10.2 Å². The van der Waals surface area contributed by atoms with Gasteiger partial charge in [-0.2, -0.15) is 5.10 Å². The second-order valence-electron chi connectivity index (χ2n) is 3.89. The van der Waals surface area contributed by atoms with Crippen molar-refractivity contribution in [1.29, 1.82) is 5.41 Å². The van der Waals surface area contributed by atoms with Crippen molar-refractivity contribution >= 4 is 23.6 Å². The zero-order valence-electron chi connectivity index (χ0n) is 9.45. The lowest BCUT2D eigenvalue weighted by Gasteiger charge is -2.00. The van der Waals surface area contributed by atoms with Crippen LogP contribution in [-0.4, -0.2) is 21.5 Å². The number of carbonyl (C=O) groups excluding carboxylic acids is 1. The first-order chi connectivity index (χ1) is 7.99. The Morgan fingerprint density at radius 1 is 1.76 bits per heavy atom. The number of amides is 1. The highest BCUT2D eigenvalue weighted by Crippen LogP contribution is 2.21. The van der Waals surface area contributed by atoms with Gasteiger partial charge >= 0.3 is 0 Å². The van der Waals surface area contributed by atoms with E-state index in [1.807, 2.05) is 0 Å². The monoisotopic (exact) mass is 231 g/mol. The summed E-state index contributed by atoms with van der Waals surface area (Å²) < 4.78 is 1.31. The van der Waals surface area contributed by atoms with Gasteiger partial charge < -0.3 is 11.1 Å². The van der Waals surface area contributed by atoms with Crippen molar-refractivity contribution in [2.24, 2.45) is 0 Å². The Morgan fingerprint density at radius 3 is 2.94 bits per heavy atom. The summed E-state index contributed by atoms with van der Waals surface area (Å²) in [6.07, 6.45) is 3.71. The number of nitrogens with zero attached hydrogens (tertiary/aromatic N) is 2. The molecule has 2 rings (SSSR count). The van der Waals surface area contributed by atoms with Crippen molar-refractivity contribution in [1.82, 2.24) is 15.1 Å². The highest BCUT2D eigenvalue weighted by Gasteiger charge is 2.20. The fourth-order valence-electron chi connectivity index (χ4n) is 1.65. The summed E-state index contributed by atoms with van der Waals surface area (Å²) in [6.45, 7) is 5.28. The van der Waals surface area contributed by atoms with E-state index in [1.54, 1.807) is 13.0 Å². The number of rotatable bonds is 1. The fourth-order valence-corrected chi connectivity index (χ4v) is 1.65. The van der Waals surface area contributed by atoms with Gasteiger partial charge in [-0.05, 0) is 13.0 Å². The molecular formula is C11H13N5O. The number of hydrogen-bond acceptors (Lipinski definition) is 4. The van der Waals surface area contributed by atoms with Crippen LogP contribution in [0.5, 0.6) is 0 Å². The minimum absolute atomic E-state index is 0.159. The molecule has 1 aromatic rings. The first-order valence-corrected chi connectivity index (χ1v) is 5.07. The molecule has 0 bridgehead atoms. The summed E-state index contributed by atoms with van der Waals surface area (Å²) in [5.41, 5.74) is 7.74. The molecule has 0 radical (unpaired) electrons. The lowest BCUT2D eigenvalue weighted by molar-refractivity contribution is -0.115. The third-order valence-corrected chi connectivity index (χ3v) is 2.47. The first kappa shape index (κ1) is 11.1. The predicted octanol–water partition coefficient (Wildman–Crippen LogP) is 0.728. The van der Waals surface area contributed by atoms with E-state index >= 15 is 0 Å². The lowest BCUT2D eigenvalue weighted by Crippen LogP contribution is -2.12. The van der Waals surface area contributed by atoms with Crippen LogP contribution >= 0.6 is 0 Å². The molecule has 2 heterocycles. The Hall–Kier alpha value is -2.37. The van der Waals surface area contributed by atoms with E-state index in [0.29, 0.717) is 29.1 Å². The molecule has 0 aromatic carbocycles. The fraction of sp³-hybridized carbons (Fsp3) is 0.182. The van der Waals surface area contributed by atoms with Crippen LogP contribution in [0.2, 0.25) is 0 Å². The van der Waals surface area contributed by atoms with E-state index < -0.39 is 0 Å². The van der Waals surface area contributed by atoms with Crippen LogP contribution in [0.1, 0.15) is 18.9 Å². The Labute approximate surface area is 98.3 Å². The van der Waals surface area contributed by atoms with Gasteiger partial charge in [0.15, 0.2) is 0 Å². The molecule has 1 aliphatic rings. The number of nitrogens with two attached hydrogens (primary N) is 1. The summed E-state index contributed by atoms with van der Waals surface area (Å²) in [5, 5.41) is 14.0. The average Bonchev–Trinajstić information content (AvgIpc) is 2.73. The Morgan fingerprint density at radius 2 is 2.47 bits per heavy atom. The Kier molecular flexibility index (Phi) is 2.55. The number of anilines is 1. The summed E-state index contributed by atoms with van der Waals surface area (Å²) in [4.78, 5) is 11.5. The molecule has 88 valence electrons. The molecule has 0 saturated carbocycles. The van der Waals surface area contributed by atoms with Crippen LogP contribution in [-0.2, 0) is 4.79 Å². The number of nitrogen functional groups attached to an aromatic ring is 1. The van der Waals surface area contributed by atoms with Gasteiger partial charge in [0.25, 0.3) is 5.91 Å². The summed E-state index contributed by atoms with van der Waals surface area (Å²) in [5.74, 6) is 0.427. The van der Waals surface area contributed by atoms with Gasteiger partial charge in [0, 0.05) is 23.3 Å². The minimum Gasteiger partial charge on any atom is -0.383 e. The summed E-state index contributed by atoms with van der Waals surface area (Å²) in [7, 11) is 0. The SMILES string of the molecule is C=C1CC(=Cc2cnn(C(C)=N)c2N)C(=O)N1. The van der Waals surface area contributed by atoms with Gasteiger partial charge in [0.05, 0.1) is 6.20 Å². The standard InChI is InChI=1S/C11H13N5O/c1-6-3-8(11(17)15-6)4-9-5-14-16(7(2)12)10(9)13/h4-5,12H,1,3,13H2,2H3,(H,15,17).